The summed E-state index contributed by atoms with van der Waals surface area (Å²) in [7, 11) is 0. The Balaban J connectivity index is 2.52. The molecule has 0 saturated carbocycles. The molecule has 0 unspecified atom stereocenters. The minimum atomic E-state index is -4.81. The van der Waals surface area contributed by atoms with Gasteiger partial charge in [0.2, 0.25) is 0 Å². The molecular formula is C14H13F4N5O. The molecule has 10 heteroatoms. The number of aromatic nitrogens is 1. The number of anilines is 2. The quantitative estimate of drug-likeness (QED) is 0.331. The molecule has 0 aliphatic rings. The molecule has 24 heavy (non-hydrogen) atoms. The van der Waals surface area contributed by atoms with Crippen LogP contribution in [0.4, 0.5) is 28.9 Å². The van der Waals surface area contributed by atoms with Crippen molar-refractivity contribution in [2.75, 3.05) is 5.32 Å². The second-order valence-electron chi connectivity index (χ2n) is 4.64. The van der Waals surface area contributed by atoms with Crippen molar-refractivity contribution in [1.29, 1.82) is 0 Å². The number of phenolic OH excluding ortho intramolecular Hbond substituents is 1. The molecule has 0 fully saturated rings. The summed E-state index contributed by atoms with van der Waals surface area (Å²) in [5.41, 5.74) is 4.77. The van der Waals surface area contributed by atoms with Gasteiger partial charge in [0.1, 0.15) is 11.6 Å². The first kappa shape index (κ1) is 17.3. The predicted molar refractivity (Wildman–Crippen MR) is 80.1 cm³/mol. The van der Waals surface area contributed by atoms with Crippen molar-refractivity contribution >= 4 is 17.1 Å². The van der Waals surface area contributed by atoms with Crippen LogP contribution in [0.3, 0.4) is 0 Å². The van der Waals surface area contributed by atoms with Crippen LogP contribution >= 0.6 is 0 Å². The molecule has 2 rings (SSSR count). The zero-order valence-corrected chi connectivity index (χ0v) is 12.0. The van der Waals surface area contributed by atoms with Gasteiger partial charge in [0.05, 0.1) is 23.3 Å². The summed E-state index contributed by atoms with van der Waals surface area (Å²) in [4.78, 5) is 3.76. The van der Waals surface area contributed by atoms with Crippen molar-refractivity contribution in [2.24, 2.45) is 11.6 Å². The van der Waals surface area contributed by atoms with E-state index >= 15 is 0 Å². The van der Waals surface area contributed by atoms with E-state index in [1.165, 1.54) is 17.7 Å². The van der Waals surface area contributed by atoms with Gasteiger partial charge in [-0.05, 0) is 18.2 Å². The lowest BCUT2D eigenvalue weighted by Crippen LogP contribution is -2.34. The van der Waals surface area contributed by atoms with Crippen molar-refractivity contribution in [1.82, 2.24) is 10.4 Å². The predicted octanol–water partition coefficient (Wildman–Crippen LogP) is 2.32. The number of phenols is 1. The fraction of sp³-hybridized carbons (Fsp3) is 0.0714. The zero-order chi connectivity index (χ0) is 17.9. The smallest absolute Gasteiger partial charge is 0.434 e. The highest BCUT2D eigenvalue weighted by Gasteiger charge is 2.36. The van der Waals surface area contributed by atoms with Crippen LogP contribution in [0.15, 0.2) is 42.4 Å². The Morgan fingerprint density at radius 2 is 1.88 bits per heavy atom. The van der Waals surface area contributed by atoms with Crippen LogP contribution in [-0.2, 0) is 0 Å². The third-order valence-corrected chi connectivity index (χ3v) is 3.03. The number of nitrogens with zero attached hydrogens (tertiary/aromatic N) is 1. The molecule has 1 heterocycles. The first-order valence-corrected chi connectivity index (χ1v) is 6.47. The van der Waals surface area contributed by atoms with E-state index in [0.717, 1.165) is 24.4 Å². The Hall–Kier alpha value is -3.01. The van der Waals surface area contributed by atoms with Gasteiger partial charge < -0.3 is 21.6 Å². The number of aromatic hydroxyl groups is 1. The average molecular weight is 343 g/mol. The van der Waals surface area contributed by atoms with E-state index in [0.29, 0.717) is 0 Å². The van der Waals surface area contributed by atoms with E-state index in [1.54, 1.807) is 0 Å². The standard InChI is InChI=1S/C14H13F4N5O/c15-9-2-1-7(24)5-10(9)22-11-6-21-4-3-8(11)12(19)13(23-20)14(16,17)18/h1-6,22-24H,19-20H2/b13-12-. The fourth-order valence-electron chi connectivity index (χ4n) is 1.93. The molecule has 0 radical (unpaired) electrons. The van der Waals surface area contributed by atoms with Crippen LogP contribution in [0.25, 0.3) is 5.70 Å². The van der Waals surface area contributed by atoms with E-state index in [-0.39, 0.29) is 22.7 Å². The summed E-state index contributed by atoms with van der Waals surface area (Å²) in [6.07, 6.45) is -2.43. The molecule has 0 aliphatic heterocycles. The zero-order valence-electron chi connectivity index (χ0n) is 12.0. The number of hydrazine groups is 1. The van der Waals surface area contributed by atoms with Gasteiger partial charge in [-0.25, -0.2) is 4.39 Å². The summed E-state index contributed by atoms with van der Waals surface area (Å²) >= 11 is 0. The molecule has 7 N–H and O–H groups in total. The minimum absolute atomic E-state index is 0.00324. The molecule has 2 aromatic rings. The number of alkyl halides is 3. The number of halogens is 4. The highest BCUT2D eigenvalue weighted by atomic mass is 19.4. The lowest BCUT2D eigenvalue weighted by molar-refractivity contribution is -0.0961. The van der Waals surface area contributed by atoms with Crippen LogP contribution in [-0.4, -0.2) is 16.3 Å². The number of pyridine rings is 1. The maximum Gasteiger partial charge on any atom is 0.434 e. The molecule has 0 bridgehead atoms. The molecule has 128 valence electrons. The van der Waals surface area contributed by atoms with Crippen LogP contribution in [0.1, 0.15) is 5.56 Å². The number of nitrogens with two attached hydrogens (primary N) is 2. The van der Waals surface area contributed by atoms with Crippen molar-refractivity contribution in [3.05, 3.63) is 53.7 Å². The Labute approximate surface area is 133 Å². The molecule has 0 saturated heterocycles. The third kappa shape index (κ3) is 3.66. The second-order valence-corrected chi connectivity index (χ2v) is 4.64. The number of benzene rings is 1. The maximum absolute atomic E-state index is 13.8. The van der Waals surface area contributed by atoms with E-state index in [9.17, 15) is 22.7 Å². The average Bonchev–Trinajstić information content (AvgIpc) is 2.50. The topological polar surface area (TPSA) is 109 Å². The highest BCUT2D eigenvalue weighted by Crippen LogP contribution is 2.32. The summed E-state index contributed by atoms with van der Waals surface area (Å²) in [5.74, 6) is 3.95. The summed E-state index contributed by atoms with van der Waals surface area (Å²) in [6.45, 7) is 0. The maximum atomic E-state index is 13.8. The van der Waals surface area contributed by atoms with E-state index in [2.05, 4.69) is 10.3 Å². The van der Waals surface area contributed by atoms with Gasteiger partial charge in [0.15, 0.2) is 5.70 Å². The van der Waals surface area contributed by atoms with Crippen LogP contribution in [0, 0.1) is 5.82 Å². The van der Waals surface area contributed by atoms with Gasteiger partial charge in [-0.3, -0.25) is 10.8 Å². The van der Waals surface area contributed by atoms with Crippen LogP contribution in [0.2, 0.25) is 0 Å². The Bertz CT molecular complexity index is 776. The lowest BCUT2D eigenvalue weighted by atomic mass is 10.1. The van der Waals surface area contributed by atoms with Gasteiger partial charge in [0.25, 0.3) is 0 Å². The molecule has 1 aromatic carbocycles. The summed E-state index contributed by atoms with van der Waals surface area (Å²) in [6, 6.07) is 4.40. The van der Waals surface area contributed by atoms with E-state index < -0.39 is 23.4 Å². The van der Waals surface area contributed by atoms with E-state index in [1.807, 2.05) is 0 Å². The highest BCUT2D eigenvalue weighted by molar-refractivity contribution is 5.79. The van der Waals surface area contributed by atoms with E-state index in [4.69, 9.17) is 11.6 Å². The lowest BCUT2D eigenvalue weighted by Gasteiger charge is -2.17. The van der Waals surface area contributed by atoms with Crippen LogP contribution < -0.4 is 22.3 Å². The SMILES string of the molecule is NN/C(=C(\N)c1ccncc1Nc1cc(O)ccc1F)C(F)(F)F. The molecule has 0 atom stereocenters. The largest absolute Gasteiger partial charge is 0.508 e. The molecular weight excluding hydrogens is 330 g/mol. The van der Waals surface area contributed by atoms with Crippen molar-refractivity contribution in [2.45, 2.75) is 6.18 Å². The van der Waals surface area contributed by atoms with Crippen molar-refractivity contribution in [3.8, 4) is 5.75 Å². The Morgan fingerprint density at radius 1 is 1.17 bits per heavy atom. The molecule has 0 aliphatic carbocycles. The first-order chi connectivity index (χ1) is 11.2. The van der Waals surface area contributed by atoms with Gasteiger partial charge in [0, 0.05) is 17.8 Å². The summed E-state index contributed by atoms with van der Waals surface area (Å²) in [5, 5.41) is 11.9. The minimum Gasteiger partial charge on any atom is -0.508 e. The van der Waals surface area contributed by atoms with Gasteiger partial charge in [-0.15, -0.1) is 0 Å². The van der Waals surface area contributed by atoms with Crippen molar-refractivity contribution in [3.63, 3.8) is 0 Å². The molecule has 0 amide bonds. The normalized spacial score (nSPS) is 12.5. The number of hydrogen-bond donors (Lipinski definition) is 5. The number of hydrogen-bond acceptors (Lipinski definition) is 6. The monoisotopic (exact) mass is 343 g/mol. The molecule has 0 spiro atoms. The number of nitrogens with one attached hydrogen (secondary N) is 2. The van der Waals surface area contributed by atoms with Gasteiger partial charge in [-0.2, -0.15) is 13.2 Å². The van der Waals surface area contributed by atoms with Crippen LogP contribution in [0.5, 0.6) is 5.75 Å². The number of allylic oxidation sites excluding steroid dienone is 1. The molecule has 1 aromatic heterocycles. The summed E-state index contributed by atoms with van der Waals surface area (Å²) < 4.78 is 52.5. The third-order valence-electron chi connectivity index (χ3n) is 3.03. The first-order valence-electron chi connectivity index (χ1n) is 6.47. The van der Waals surface area contributed by atoms with Gasteiger partial charge in [-0.1, -0.05) is 0 Å². The molecule has 6 nitrogen and oxygen atoms in total. The number of rotatable bonds is 4. The second kappa shape index (κ2) is 6.62. The van der Waals surface area contributed by atoms with Crippen molar-refractivity contribution < 1.29 is 22.7 Å². The fourth-order valence-corrected chi connectivity index (χ4v) is 1.93. The Kier molecular flexibility index (Phi) is 4.79. The Morgan fingerprint density at radius 3 is 2.50 bits per heavy atom. The van der Waals surface area contributed by atoms with Gasteiger partial charge >= 0.3 is 6.18 Å².